The summed E-state index contributed by atoms with van der Waals surface area (Å²) >= 11 is 0. The Kier molecular flexibility index (Phi) is 5.39. The van der Waals surface area contributed by atoms with E-state index in [0.29, 0.717) is 18.8 Å². The average molecular weight is 270 g/mol. The van der Waals surface area contributed by atoms with Gasteiger partial charge in [-0.25, -0.2) is 0 Å². The smallest absolute Gasteiger partial charge is 0.306 e. The lowest BCUT2D eigenvalue weighted by Gasteiger charge is -2.20. The molecule has 0 amide bonds. The summed E-state index contributed by atoms with van der Waals surface area (Å²) in [5.74, 6) is -0.487. The van der Waals surface area contributed by atoms with Gasteiger partial charge in [-0.1, -0.05) is 13.3 Å². The Labute approximate surface area is 115 Å². The molecule has 1 rings (SSSR count). The zero-order valence-corrected chi connectivity index (χ0v) is 12.4. The summed E-state index contributed by atoms with van der Waals surface area (Å²) in [5.41, 5.74) is -0.442. The molecule has 110 valence electrons. The minimum atomic E-state index is -0.688. The molecule has 1 aliphatic rings. The molecule has 1 N–H and O–H groups in total. The number of aliphatic carboxylic acids is 1. The van der Waals surface area contributed by atoms with Gasteiger partial charge < -0.3 is 9.84 Å². The molecule has 0 aromatic heterocycles. The van der Waals surface area contributed by atoms with Crippen LogP contribution in [0.25, 0.3) is 0 Å². The van der Waals surface area contributed by atoms with E-state index in [9.17, 15) is 14.7 Å². The predicted octanol–water partition coefficient (Wildman–Crippen LogP) is 3.25. The van der Waals surface area contributed by atoms with Gasteiger partial charge in [-0.3, -0.25) is 9.59 Å². The van der Waals surface area contributed by atoms with Crippen LogP contribution in [0.4, 0.5) is 0 Å². The van der Waals surface area contributed by atoms with E-state index in [-0.39, 0.29) is 17.8 Å². The van der Waals surface area contributed by atoms with Crippen molar-refractivity contribution in [1.29, 1.82) is 0 Å². The molecule has 1 fully saturated rings. The number of hydrogen-bond donors (Lipinski definition) is 1. The summed E-state index contributed by atoms with van der Waals surface area (Å²) in [6, 6.07) is 0. The summed E-state index contributed by atoms with van der Waals surface area (Å²) in [6.45, 7) is 7.60. The van der Waals surface area contributed by atoms with Gasteiger partial charge in [0.1, 0.15) is 5.60 Å². The first-order valence-corrected chi connectivity index (χ1v) is 7.17. The van der Waals surface area contributed by atoms with Crippen molar-refractivity contribution in [2.45, 2.75) is 65.4 Å². The molecule has 4 nitrogen and oxygen atoms in total. The van der Waals surface area contributed by atoms with Crippen LogP contribution in [0.1, 0.15) is 59.8 Å². The van der Waals surface area contributed by atoms with Crippen LogP contribution in [0.5, 0.6) is 0 Å². The topological polar surface area (TPSA) is 63.6 Å². The maximum absolute atomic E-state index is 11.6. The van der Waals surface area contributed by atoms with Crippen LogP contribution in [-0.4, -0.2) is 22.6 Å². The van der Waals surface area contributed by atoms with Gasteiger partial charge in [-0.15, -0.1) is 0 Å². The second-order valence-corrected chi connectivity index (χ2v) is 6.58. The fourth-order valence-electron chi connectivity index (χ4n) is 2.94. The first-order valence-electron chi connectivity index (χ1n) is 7.17. The summed E-state index contributed by atoms with van der Waals surface area (Å²) < 4.78 is 5.27. The normalized spacial score (nSPS) is 27.3. The second-order valence-electron chi connectivity index (χ2n) is 6.58. The van der Waals surface area contributed by atoms with Crippen molar-refractivity contribution in [2.75, 3.05) is 0 Å². The zero-order valence-electron chi connectivity index (χ0n) is 12.4. The fraction of sp³-hybridized carbons (Fsp3) is 0.867. The molecule has 1 aliphatic carbocycles. The van der Waals surface area contributed by atoms with E-state index < -0.39 is 11.6 Å². The Bertz CT molecular complexity index is 330. The van der Waals surface area contributed by atoms with Crippen molar-refractivity contribution in [3.8, 4) is 0 Å². The monoisotopic (exact) mass is 270 g/mol. The number of carbonyl (C=O) groups excluding carboxylic acids is 1. The first kappa shape index (κ1) is 16.0. The molecular formula is C15H26O4. The molecule has 1 saturated carbocycles. The number of rotatable bonds is 5. The quantitative estimate of drug-likeness (QED) is 0.779. The number of hydrogen-bond acceptors (Lipinski definition) is 3. The third-order valence-electron chi connectivity index (χ3n) is 3.81. The maximum Gasteiger partial charge on any atom is 0.306 e. The molecule has 19 heavy (non-hydrogen) atoms. The fourth-order valence-corrected chi connectivity index (χ4v) is 2.94. The van der Waals surface area contributed by atoms with Crippen LogP contribution < -0.4 is 0 Å². The van der Waals surface area contributed by atoms with E-state index in [1.54, 1.807) is 0 Å². The molecule has 0 aliphatic heterocycles. The lowest BCUT2D eigenvalue weighted by atomic mass is 9.94. The van der Waals surface area contributed by atoms with Crippen molar-refractivity contribution in [3.63, 3.8) is 0 Å². The Hall–Kier alpha value is -1.06. The zero-order chi connectivity index (χ0) is 14.6. The highest BCUT2D eigenvalue weighted by molar-refractivity contribution is 5.71. The van der Waals surface area contributed by atoms with E-state index in [2.05, 4.69) is 0 Å². The molecule has 0 saturated heterocycles. The number of ether oxygens (including phenoxy) is 1. The number of carboxylic acids is 1. The first-order chi connectivity index (χ1) is 8.73. The van der Waals surface area contributed by atoms with Gasteiger partial charge in [-0.2, -0.15) is 0 Å². The molecule has 0 aromatic rings. The van der Waals surface area contributed by atoms with Crippen molar-refractivity contribution in [3.05, 3.63) is 0 Å². The van der Waals surface area contributed by atoms with E-state index >= 15 is 0 Å². The molecule has 0 radical (unpaired) electrons. The molecule has 4 heteroatoms. The Morgan fingerprint density at radius 3 is 2.32 bits per heavy atom. The van der Waals surface area contributed by atoms with Gasteiger partial charge in [0, 0.05) is 6.42 Å². The molecule has 0 heterocycles. The van der Waals surface area contributed by atoms with Gasteiger partial charge in [0.15, 0.2) is 0 Å². The average Bonchev–Trinajstić information content (AvgIpc) is 2.67. The van der Waals surface area contributed by atoms with Crippen LogP contribution in [0.3, 0.4) is 0 Å². The highest BCUT2D eigenvalue weighted by atomic mass is 16.6. The molecular weight excluding hydrogens is 244 g/mol. The lowest BCUT2D eigenvalue weighted by molar-refractivity contribution is -0.155. The van der Waals surface area contributed by atoms with Crippen molar-refractivity contribution in [2.24, 2.45) is 17.8 Å². The van der Waals surface area contributed by atoms with Gasteiger partial charge >= 0.3 is 11.9 Å². The van der Waals surface area contributed by atoms with Gasteiger partial charge in [0.05, 0.1) is 5.92 Å². The van der Waals surface area contributed by atoms with Crippen molar-refractivity contribution >= 4 is 11.9 Å². The van der Waals surface area contributed by atoms with Gasteiger partial charge in [0.2, 0.25) is 0 Å². The third kappa shape index (κ3) is 5.21. The molecule has 0 spiro atoms. The standard InChI is InChI=1S/C15H26O4/c1-5-11-8-10(9-12(11)14(17)18)6-7-13(16)19-15(2,3)4/h10-12H,5-9H2,1-4H3,(H,17,18)/t10?,11-,12-/m1/s1. The van der Waals surface area contributed by atoms with Crippen molar-refractivity contribution < 1.29 is 19.4 Å². The van der Waals surface area contributed by atoms with E-state index in [4.69, 9.17) is 4.74 Å². The minimum Gasteiger partial charge on any atom is -0.481 e. The molecule has 0 bridgehead atoms. The molecule has 0 aromatic carbocycles. The predicted molar refractivity (Wildman–Crippen MR) is 72.7 cm³/mol. The summed E-state index contributed by atoms with van der Waals surface area (Å²) in [7, 11) is 0. The Balaban J connectivity index is 2.39. The third-order valence-corrected chi connectivity index (χ3v) is 3.81. The summed E-state index contributed by atoms with van der Waals surface area (Å²) in [5, 5.41) is 9.17. The highest BCUT2D eigenvalue weighted by Gasteiger charge is 2.37. The van der Waals surface area contributed by atoms with E-state index in [1.807, 2.05) is 27.7 Å². The molecule has 1 unspecified atom stereocenters. The van der Waals surface area contributed by atoms with Crippen LogP contribution >= 0.6 is 0 Å². The number of carbonyl (C=O) groups is 2. The Morgan fingerprint density at radius 1 is 1.26 bits per heavy atom. The SMILES string of the molecule is CC[C@@H]1CC(CCC(=O)OC(C)(C)C)C[C@H]1C(=O)O. The van der Waals surface area contributed by atoms with Crippen LogP contribution in [0.15, 0.2) is 0 Å². The second kappa shape index (κ2) is 6.40. The maximum atomic E-state index is 11.6. The lowest BCUT2D eigenvalue weighted by Crippen LogP contribution is -2.24. The highest BCUT2D eigenvalue weighted by Crippen LogP contribution is 2.40. The van der Waals surface area contributed by atoms with Crippen LogP contribution in [0.2, 0.25) is 0 Å². The van der Waals surface area contributed by atoms with Crippen LogP contribution in [0, 0.1) is 17.8 Å². The van der Waals surface area contributed by atoms with Crippen molar-refractivity contribution in [1.82, 2.24) is 0 Å². The van der Waals surface area contributed by atoms with Gasteiger partial charge in [0.25, 0.3) is 0 Å². The number of esters is 1. The minimum absolute atomic E-state index is 0.181. The Morgan fingerprint density at radius 2 is 1.89 bits per heavy atom. The van der Waals surface area contributed by atoms with E-state index in [1.165, 1.54) is 0 Å². The van der Waals surface area contributed by atoms with Gasteiger partial charge in [-0.05, 0) is 51.9 Å². The summed E-state index contributed by atoms with van der Waals surface area (Å²) in [4.78, 5) is 22.8. The largest absolute Gasteiger partial charge is 0.481 e. The number of carboxylic acid groups (broad SMARTS) is 1. The van der Waals surface area contributed by atoms with E-state index in [0.717, 1.165) is 19.3 Å². The summed E-state index contributed by atoms with van der Waals surface area (Å²) in [6.07, 6.45) is 3.67. The van der Waals surface area contributed by atoms with Crippen LogP contribution in [-0.2, 0) is 14.3 Å². The molecule has 3 atom stereocenters.